The average Bonchev–Trinajstić information content (AvgIpc) is 2.26. The SMILES string of the molecule is O=[N+]([O-])C1NNNNC([N+](=O)[O-])C([N+](=O)[O-])C1[N+](=O)[O-]. The normalized spacial score (nSPS) is 30.8. The summed E-state index contributed by atoms with van der Waals surface area (Å²) in [5.41, 5.74) is 7.34. The van der Waals surface area contributed by atoms with Crippen LogP contribution in [0.4, 0.5) is 0 Å². The molecule has 0 aromatic carbocycles. The van der Waals surface area contributed by atoms with E-state index in [4.69, 9.17) is 0 Å². The molecule has 0 bridgehead atoms. The van der Waals surface area contributed by atoms with Crippen LogP contribution in [0.15, 0.2) is 0 Å². The van der Waals surface area contributed by atoms with Crippen LogP contribution in [-0.4, -0.2) is 44.1 Å². The Balaban J connectivity index is 3.29. The van der Waals surface area contributed by atoms with Crippen molar-refractivity contribution in [1.29, 1.82) is 0 Å². The van der Waals surface area contributed by atoms with Gasteiger partial charge in [-0.2, -0.15) is 21.9 Å². The number of hydrogen-bond acceptors (Lipinski definition) is 12. The monoisotopic (exact) mass is 296 g/mol. The molecular weight excluding hydrogens is 288 g/mol. The third-order valence-electron chi connectivity index (χ3n) is 2.44. The second-order valence-electron chi connectivity index (χ2n) is 3.55. The van der Waals surface area contributed by atoms with Crippen molar-refractivity contribution >= 4 is 0 Å². The molecule has 1 rings (SSSR count). The summed E-state index contributed by atoms with van der Waals surface area (Å²) in [6.45, 7) is 0. The van der Waals surface area contributed by atoms with Gasteiger partial charge in [-0.1, -0.05) is 0 Å². The number of hydrogen-bond donors (Lipinski definition) is 4. The lowest BCUT2D eigenvalue weighted by atomic mass is 10.0. The zero-order valence-electron chi connectivity index (χ0n) is 9.36. The average molecular weight is 296 g/mol. The summed E-state index contributed by atoms with van der Waals surface area (Å²) in [5.74, 6) is 0. The fraction of sp³-hybridized carbons (Fsp3) is 1.00. The van der Waals surface area contributed by atoms with Crippen LogP contribution >= 0.6 is 0 Å². The molecule has 16 heteroatoms. The Bertz CT molecular complexity index is 400. The van der Waals surface area contributed by atoms with Crippen LogP contribution in [0.1, 0.15) is 0 Å². The van der Waals surface area contributed by atoms with E-state index >= 15 is 0 Å². The Hall–Kier alpha value is -2.56. The van der Waals surface area contributed by atoms with Gasteiger partial charge in [0.2, 0.25) is 0 Å². The second-order valence-corrected chi connectivity index (χ2v) is 3.55. The quantitative estimate of drug-likeness (QED) is 0.294. The van der Waals surface area contributed by atoms with Gasteiger partial charge in [-0.3, -0.25) is 40.5 Å². The lowest BCUT2D eigenvalue weighted by molar-refractivity contribution is -0.702. The van der Waals surface area contributed by atoms with E-state index in [1.807, 2.05) is 11.1 Å². The number of nitrogens with one attached hydrogen (secondary N) is 4. The molecule has 4 N–H and O–H groups in total. The number of nitrogens with zero attached hydrogens (tertiary/aromatic N) is 4. The van der Waals surface area contributed by atoms with Gasteiger partial charge < -0.3 is 0 Å². The maximum Gasteiger partial charge on any atom is 0.368 e. The summed E-state index contributed by atoms with van der Waals surface area (Å²) in [4.78, 5) is 38.2. The Labute approximate surface area is 108 Å². The molecule has 20 heavy (non-hydrogen) atoms. The van der Waals surface area contributed by atoms with Gasteiger partial charge in [0.15, 0.2) is 0 Å². The Kier molecular flexibility index (Phi) is 4.69. The fourth-order valence-electron chi connectivity index (χ4n) is 1.60. The lowest BCUT2D eigenvalue weighted by Crippen LogP contribution is -2.73. The molecule has 0 aromatic rings. The summed E-state index contributed by atoms with van der Waals surface area (Å²) >= 11 is 0. The molecule has 0 aromatic heterocycles. The molecule has 0 aliphatic carbocycles. The standard InChI is InChI=1S/C4H8N8O8/c13-9(14)1-2(10(15)16)4(12(19)20)6-8-7-5-3(1)11(17)18/h1-8H. The smallest absolute Gasteiger partial charge is 0.264 e. The van der Waals surface area contributed by atoms with E-state index in [2.05, 4.69) is 0 Å². The molecule has 0 saturated carbocycles. The molecule has 112 valence electrons. The highest BCUT2D eigenvalue weighted by Crippen LogP contribution is 2.14. The molecule has 0 amide bonds. The van der Waals surface area contributed by atoms with E-state index in [-0.39, 0.29) is 0 Å². The first kappa shape index (κ1) is 15.5. The number of hydrazine groups is 3. The van der Waals surface area contributed by atoms with Crippen molar-refractivity contribution in [3.8, 4) is 0 Å². The molecule has 0 spiro atoms. The summed E-state index contributed by atoms with van der Waals surface area (Å²) in [7, 11) is 0. The van der Waals surface area contributed by atoms with Gasteiger partial charge >= 0.3 is 24.4 Å². The van der Waals surface area contributed by atoms with Crippen molar-refractivity contribution in [3.63, 3.8) is 0 Å². The first-order chi connectivity index (χ1) is 9.27. The van der Waals surface area contributed by atoms with Crippen LogP contribution in [0.5, 0.6) is 0 Å². The second kappa shape index (κ2) is 6.06. The molecular formula is C4H8N8O8. The zero-order valence-corrected chi connectivity index (χ0v) is 9.36. The minimum absolute atomic E-state index is 1.19. The van der Waals surface area contributed by atoms with Gasteiger partial charge in [0.1, 0.15) is 0 Å². The minimum atomic E-state index is -2.47. The molecule has 16 nitrogen and oxygen atoms in total. The van der Waals surface area contributed by atoms with Crippen LogP contribution in [0.3, 0.4) is 0 Å². The maximum atomic E-state index is 10.9. The third-order valence-corrected chi connectivity index (χ3v) is 2.44. The predicted molar refractivity (Wildman–Crippen MR) is 55.7 cm³/mol. The molecule has 0 radical (unpaired) electrons. The predicted octanol–water partition coefficient (Wildman–Crippen LogP) is -3.40. The van der Waals surface area contributed by atoms with Crippen molar-refractivity contribution in [2.24, 2.45) is 0 Å². The first-order valence-corrected chi connectivity index (χ1v) is 4.82. The van der Waals surface area contributed by atoms with E-state index < -0.39 is 44.1 Å². The van der Waals surface area contributed by atoms with Gasteiger partial charge in [-0.05, 0) is 0 Å². The minimum Gasteiger partial charge on any atom is -0.264 e. The van der Waals surface area contributed by atoms with Crippen molar-refractivity contribution in [3.05, 3.63) is 40.5 Å². The van der Waals surface area contributed by atoms with Gasteiger partial charge in [0.05, 0.1) is 0 Å². The van der Waals surface area contributed by atoms with Crippen molar-refractivity contribution in [2.75, 3.05) is 0 Å². The Morgan fingerprint density at radius 1 is 0.600 bits per heavy atom. The summed E-state index contributed by atoms with van der Waals surface area (Å²) < 4.78 is 0. The van der Waals surface area contributed by atoms with Crippen LogP contribution in [0.2, 0.25) is 0 Å². The molecule has 1 aliphatic rings. The van der Waals surface area contributed by atoms with Gasteiger partial charge in [0, 0.05) is 19.7 Å². The van der Waals surface area contributed by atoms with E-state index in [0.29, 0.717) is 0 Å². The van der Waals surface area contributed by atoms with E-state index in [9.17, 15) is 40.5 Å². The van der Waals surface area contributed by atoms with Gasteiger partial charge in [-0.15, -0.1) is 0 Å². The number of rotatable bonds is 4. The van der Waals surface area contributed by atoms with Crippen LogP contribution < -0.4 is 21.9 Å². The van der Waals surface area contributed by atoms with Crippen molar-refractivity contribution < 1.29 is 19.7 Å². The molecule has 1 aliphatic heterocycles. The molecule has 1 fully saturated rings. The number of nitro groups is 4. The highest BCUT2D eigenvalue weighted by Gasteiger charge is 2.62. The molecule has 1 saturated heterocycles. The maximum absolute atomic E-state index is 10.9. The Morgan fingerprint density at radius 2 is 0.900 bits per heavy atom. The summed E-state index contributed by atoms with van der Waals surface area (Å²) in [6, 6.07) is -4.95. The van der Waals surface area contributed by atoms with Crippen LogP contribution in [0.25, 0.3) is 0 Å². The molecule has 4 unspecified atom stereocenters. The molecule has 1 heterocycles. The Morgan fingerprint density at radius 3 is 1.10 bits per heavy atom. The zero-order chi connectivity index (χ0) is 15.4. The highest BCUT2D eigenvalue weighted by atomic mass is 16.7. The lowest BCUT2D eigenvalue weighted by Gasteiger charge is -2.24. The summed E-state index contributed by atoms with van der Waals surface area (Å²) in [6.07, 6.45) is -4.50. The van der Waals surface area contributed by atoms with Crippen molar-refractivity contribution in [1.82, 2.24) is 21.9 Å². The molecule has 4 atom stereocenters. The van der Waals surface area contributed by atoms with E-state index in [0.717, 1.165) is 0 Å². The van der Waals surface area contributed by atoms with Crippen molar-refractivity contribution in [2.45, 2.75) is 24.4 Å². The summed E-state index contributed by atoms with van der Waals surface area (Å²) in [5, 5.41) is 43.2. The van der Waals surface area contributed by atoms with Crippen LogP contribution in [-0.2, 0) is 0 Å². The topological polar surface area (TPSA) is 221 Å². The van der Waals surface area contributed by atoms with Crippen LogP contribution in [0, 0.1) is 40.5 Å². The van der Waals surface area contributed by atoms with Gasteiger partial charge in [-0.25, -0.2) is 0 Å². The van der Waals surface area contributed by atoms with E-state index in [1.54, 1.807) is 10.9 Å². The fourth-order valence-corrected chi connectivity index (χ4v) is 1.60. The van der Waals surface area contributed by atoms with E-state index in [1.165, 1.54) is 0 Å². The largest absolute Gasteiger partial charge is 0.368 e. The highest BCUT2D eigenvalue weighted by molar-refractivity contribution is 4.81. The van der Waals surface area contributed by atoms with Gasteiger partial charge in [0.25, 0.3) is 0 Å². The third kappa shape index (κ3) is 3.06. The first-order valence-electron chi connectivity index (χ1n) is 4.82.